The van der Waals surface area contributed by atoms with E-state index in [9.17, 15) is 4.79 Å². The second kappa shape index (κ2) is 4.53. The van der Waals surface area contributed by atoms with Gasteiger partial charge in [0.05, 0.1) is 5.69 Å². The van der Waals surface area contributed by atoms with Crippen LogP contribution in [-0.2, 0) is 6.42 Å². The molecule has 2 N–H and O–H groups in total. The number of aldehydes is 1. The third-order valence-electron chi connectivity index (χ3n) is 2.17. The smallest absolute Gasteiger partial charge is 0.220 e. The van der Waals surface area contributed by atoms with E-state index in [1.54, 1.807) is 6.07 Å². The van der Waals surface area contributed by atoms with E-state index >= 15 is 0 Å². The summed E-state index contributed by atoms with van der Waals surface area (Å²) in [4.78, 5) is 18.5. The quantitative estimate of drug-likeness (QED) is 0.784. The first kappa shape index (κ1) is 10.3. The lowest BCUT2D eigenvalue weighted by atomic mass is 10.1. The van der Waals surface area contributed by atoms with Crippen LogP contribution in [0.5, 0.6) is 0 Å². The summed E-state index contributed by atoms with van der Waals surface area (Å²) in [5, 5.41) is 0. The second-order valence-electron chi connectivity index (χ2n) is 3.42. The predicted molar refractivity (Wildman–Crippen MR) is 61.1 cm³/mol. The monoisotopic (exact) mass is 213 g/mol. The van der Waals surface area contributed by atoms with Gasteiger partial charge in [-0.2, -0.15) is 0 Å². The molecule has 2 aromatic rings. The van der Waals surface area contributed by atoms with Crippen molar-refractivity contribution in [2.75, 3.05) is 5.73 Å². The summed E-state index contributed by atoms with van der Waals surface area (Å²) in [5.74, 6) is 0.135. The minimum atomic E-state index is 0.135. The first-order valence-electron chi connectivity index (χ1n) is 4.90. The molecule has 0 aliphatic rings. The van der Waals surface area contributed by atoms with Gasteiger partial charge in [0.25, 0.3) is 0 Å². The molecular formula is C12H11N3O. The molecule has 0 aliphatic carbocycles. The van der Waals surface area contributed by atoms with E-state index in [1.165, 1.54) is 0 Å². The van der Waals surface area contributed by atoms with E-state index in [4.69, 9.17) is 5.73 Å². The van der Waals surface area contributed by atoms with Gasteiger partial charge in [0.1, 0.15) is 5.69 Å². The molecular weight excluding hydrogens is 202 g/mol. The van der Waals surface area contributed by atoms with Crippen molar-refractivity contribution in [1.82, 2.24) is 9.97 Å². The van der Waals surface area contributed by atoms with Crippen molar-refractivity contribution in [1.29, 1.82) is 0 Å². The Morgan fingerprint density at radius 3 is 2.62 bits per heavy atom. The van der Waals surface area contributed by atoms with Crippen LogP contribution in [0.1, 0.15) is 21.7 Å². The van der Waals surface area contributed by atoms with Gasteiger partial charge in [-0.05, 0) is 11.6 Å². The van der Waals surface area contributed by atoms with Gasteiger partial charge < -0.3 is 5.73 Å². The molecule has 0 saturated carbocycles. The van der Waals surface area contributed by atoms with E-state index in [1.807, 2.05) is 30.3 Å². The number of hydrogen-bond donors (Lipinski definition) is 1. The molecule has 1 aromatic carbocycles. The van der Waals surface area contributed by atoms with Crippen molar-refractivity contribution < 1.29 is 4.79 Å². The Hall–Kier alpha value is -2.23. The molecule has 0 radical (unpaired) electrons. The molecule has 0 bridgehead atoms. The third-order valence-corrected chi connectivity index (χ3v) is 2.17. The summed E-state index contributed by atoms with van der Waals surface area (Å²) in [6.07, 6.45) is 1.32. The molecule has 4 nitrogen and oxygen atoms in total. The van der Waals surface area contributed by atoms with Crippen LogP contribution in [0.2, 0.25) is 0 Å². The van der Waals surface area contributed by atoms with E-state index in [0.717, 1.165) is 11.3 Å². The molecule has 16 heavy (non-hydrogen) atoms. The van der Waals surface area contributed by atoms with Crippen LogP contribution in [0.4, 0.5) is 5.95 Å². The molecule has 2 rings (SSSR count). The topological polar surface area (TPSA) is 68.9 Å². The number of benzene rings is 1. The standard InChI is InChI=1S/C12H11N3O/c13-12-14-10(7-11(8-16)15-12)6-9-4-2-1-3-5-9/h1-5,7-8H,6H2,(H2,13,14,15). The minimum Gasteiger partial charge on any atom is -0.368 e. The van der Waals surface area contributed by atoms with Crippen LogP contribution in [0.25, 0.3) is 0 Å². The largest absolute Gasteiger partial charge is 0.368 e. The number of hydrogen-bond acceptors (Lipinski definition) is 4. The zero-order valence-corrected chi connectivity index (χ0v) is 8.63. The highest BCUT2D eigenvalue weighted by Gasteiger charge is 2.02. The van der Waals surface area contributed by atoms with Gasteiger partial charge in [0.15, 0.2) is 6.29 Å². The SMILES string of the molecule is Nc1nc(C=O)cc(Cc2ccccc2)n1. The van der Waals surface area contributed by atoms with Crippen molar-refractivity contribution in [2.45, 2.75) is 6.42 Å². The average Bonchev–Trinajstić information content (AvgIpc) is 2.29. The maximum absolute atomic E-state index is 10.6. The number of aromatic nitrogens is 2. The lowest BCUT2D eigenvalue weighted by molar-refractivity contribution is 0.111. The molecule has 80 valence electrons. The Labute approximate surface area is 93.2 Å². The molecule has 0 aliphatic heterocycles. The summed E-state index contributed by atoms with van der Waals surface area (Å²) in [6.45, 7) is 0. The molecule has 1 heterocycles. The number of nitrogens with two attached hydrogens (primary N) is 1. The van der Waals surface area contributed by atoms with Crippen molar-refractivity contribution in [3.05, 3.63) is 53.3 Å². The van der Waals surface area contributed by atoms with E-state index in [0.29, 0.717) is 18.4 Å². The number of carbonyl (C=O) groups is 1. The molecule has 0 spiro atoms. The molecule has 0 fully saturated rings. The van der Waals surface area contributed by atoms with Gasteiger partial charge in [-0.25, -0.2) is 9.97 Å². The number of nitrogen functional groups attached to an aromatic ring is 1. The van der Waals surface area contributed by atoms with Crippen molar-refractivity contribution in [3.8, 4) is 0 Å². The Morgan fingerprint density at radius 2 is 1.94 bits per heavy atom. The molecule has 0 amide bonds. The fourth-order valence-electron chi connectivity index (χ4n) is 1.50. The number of carbonyl (C=O) groups excluding carboxylic acids is 1. The summed E-state index contributed by atoms with van der Waals surface area (Å²) < 4.78 is 0. The van der Waals surface area contributed by atoms with Crippen LogP contribution in [0.15, 0.2) is 36.4 Å². The molecule has 4 heteroatoms. The van der Waals surface area contributed by atoms with Gasteiger partial charge >= 0.3 is 0 Å². The third kappa shape index (κ3) is 2.42. The van der Waals surface area contributed by atoms with Gasteiger partial charge in [0, 0.05) is 6.42 Å². The highest BCUT2D eigenvalue weighted by Crippen LogP contribution is 2.08. The normalized spacial score (nSPS) is 10.0. The van der Waals surface area contributed by atoms with Gasteiger partial charge in [-0.3, -0.25) is 4.79 Å². The van der Waals surface area contributed by atoms with Crippen LogP contribution < -0.4 is 5.73 Å². The minimum absolute atomic E-state index is 0.135. The Balaban J connectivity index is 2.28. The average molecular weight is 213 g/mol. The van der Waals surface area contributed by atoms with E-state index in [-0.39, 0.29) is 5.95 Å². The Morgan fingerprint density at radius 1 is 1.19 bits per heavy atom. The maximum atomic E-state index is 10.6. The zero-order valence-electron chi connectivity index (χ0n) is 8.63. The van der Waals surface area contributed by atoms with Crippen LogP contribution in [0.3, 0.4) is 0 Å². The summed E-state index contributed by atoms with van der Waals surface area (Å²) >= 11 is 0. The molecule has 0 atom stereocenters. The predicted octanol–water partition coefficient (Wildman–Crippen LogP) is 1.46. The highest BCUT2D eigenvalue weighted by molar-refractivity contribution is 5.72. The molecule has 0 unspecified atom stereocenters. The number of rotatable bonds is 3. The van der Waals surface area contributed by atoms with Gasteiger partial charge in [-0.15, -0.1) is 0 Å². The second-order valence-corrected chi connectivity index (χ2v) is 3.42. The summed E-state index contributed by atoms with van der Waals surface area (Å²) in [5.41, 5.74) is 7.70. The first-order valence-corrected chi connectivity index (χ1v) is 4.90. The van der Waals surface area contributed by atoms with Crippen molar-refractivity contribution in [2.24, 2.45) is 0 Å². The zero-order chi connectivity index (χ0) is 11.4. The molecule has 0 saturated heterocycles. The van der Waals surface area contributed by atoms with Gasteiger partial charge in [-0.1, -0.05) is 30.3 Å². The van der Waals surface area contributed by atoms with Crippen molar-refractivity contribution in [3.63, 3.8) is 0 Å². The fourth-order valence-corrected chi connectivity index (χ4v) is 1.50. The Bertz CT molecular complexity index is 497. The Kier molecular flexibility index (Phi) is 2.91. The van der Waals surface area contributed by atoms with E-state index < -0.39 is 0 Å². The number of anilines is 1. The van der Waals surface area contributed by atoms with Crippen LogP contribution >= 0.6 is 0 Å². The summed E-state index contributed by atoms with van der Waals surface area (Å²) in [7, 11) is 0. The highest BCUT2D eigenvalue weighted by atomic mass is 16.1. The lowest BCUT2D eigenvalue weighted by Crippen LogP contribution is -2.03. The maximum Gasteiger partial charge on any atom is 0.220 e. The van der Waals surface area contributed by atoms with Crippen LogP contribution in [0, 0.1) is 0 Å². The van der Waals surface area contributed by atoms with Crippen LogP contribution in [-0.4, -0.2) is 16.3 Å². The number of nitrogens with zero attached hydrogens (tertiary/aromatic N) is 2. The van der Waals surface area contributed by atoms with Gasteiger partial charge in [0.2, 0.25) is 5.95 Å². The van der Waals surface area contributed by atoms with Crippen molar-refractivity contribution >= 4 is 12.2 Å². The molecule has 1 aromatic heterocycles. The fraction of sp³-hybridized carbons (Fsp3) is 0.0833. The summed E-state index contributed by atoms with van der Waals surface area (Å²) in [6, 6.07) is 11.5. The first-order chi connectivity index (χ1) is 7.78. The van der Waals surface area contributed by atoms with E-state index in [2.05, 4.69) is 9.97 Å². The lowest BCUT2D eigenvalue weighted by Gasteiger charge is -2.02.